The zero-order valence-corrected chi connectivity index (χ0v) is 17.5. The molecule has 2 aromatic rings. The van der Waals surface area contributed by atoms with Gasteiger partial charge in [0.2, 0.25) is 11.8 Å². The average Bonchev–Trinajstić information content (AvgIpc) is 2.75. The highest BCUT2D eigenvalue weighted by atomic mass is 16.2. The number of H-pyrrole nitrogens is 1. The minimum atomic E-state index is -0.700. The van der Waals surface area contributed by atoms with Gasteiger partial charge >= 0.3 is 5.69 Å². The van der Waals surface area contributed by atoms with E-state index in [0.717, 1.165) is 5.56 Å². The molecule has 10 heteroatoms. The van der Waals surface area contributed by atoms with Crippen molar-refractivity contribution in [1.29, 1.82) is 0 Å². The molecule has 0 saturated carbocycles. The highest BCUT2D eigenvalue weighted by Crippen LogP contribution is 2.20. The van der Waals surface area contributed by atoms with Crippen molar-refractivity contribution in [1.82, 2.24) is 14.5 Å². The number of primary amides is 1. The van der Waals surface area contributed by atoms with Gasteiger partial charge in [-0.15, -0.1) is 0 Å². The maximum absolute atomic E-state index is 13.0. The number of piperidine rings is 1. The number of aromatic amines is 1. The van der Waals surface area contributed by atoms with Crippen LogP contribution in [0.4, 0.5) is 11.5 Å². The van der Waals surface area contributed by atoms with Crippen molar-refractivity contribution in [2.45, 2.75) is 26.3 Å². The van der Waals surface area contributed by atoms with Crippen molar-refractivity contribution in [3.05, 3.63) is 56.7 Å². The highest BCUT2D eigenvalue weighted by Gasteiger charge is 2.28. The predicted octanol–water partition coefficient (Wildman–Crippen LogP) is -0.283. The Morgan fingerprint density at radius 3 is 2.39 bits per heavy atom. The minimum Gasteiger partial charge on any atom is -0.383 e. The highest BCUT2D eigenvalue weighted by molar-refractivity contribution is 5.96. The first-order valence-corrected chi connectivity index (χ1v) is 10.3. The Morgan fingerprint density at radius 2 is 1.81 bits per heavy atom. The van der Waals surface area contributed by atoms with Crippen molar-refractivity contribution in [3.63, 3.8) is 0 Å². The predicted molar refractivity (Wildman–Crippen MR) is 118 cm³/mol. The van der Waals surface area contributed by atoms with Gasteiger partial charge in [0.25, 0.3) is 5.56 Å². The van der Waals surface area contributed by atoms with Gasteiger partial charge in [-0.05, 0) is 38.4 Å². The molecule has 10 nitrogen and oxygen atoms in total. The number of carbonyl (C=O) groups excluding carboxylic acids is 2. The van der Waals surface area contributed by atoms with Gasteiger partial charge in [-0.2, -0.15) is 0 Å². The Balaban J connectivity index is 1.83. The molecule has 1 aliphatic heterocycles. The number of nitrogen functional groups attached to an aromatic ring is 1. The number of anilines is 2. The largest absolute Gasteiger partial charge is 0.383 e. The molecule has 1 saturated heterocycles. The second kappa shape index (κ2) is 9.61. The second-order valence-corrected chi connectivity index (χ2v) is 7.66. The van der Waals surface area contributed by atoms with Crippen molar-refractivity contribution in [2.24, 2.45) is 11.7 Å². The number of benzene rings is 1. The molecule has 0 aliphatic carbocycles. The molecule has 0 unspecified atom stereocenters. The maximum Gasteiger partial charge on any atom is 0.330 e. The molecule has 0 atom stereocenters. The van der Waals surface area contributed by atoms with E-state index in [1.54, 1.807) is 6.92 Å². The molecule has 31 heavy (non-hydrogen) atoms. The number of rotatable bonds is 7. The molecular formula is C21H28N6O4. The summed E-state index contributed by atoms with van der Waals surface area (Å²) in [5.41, 5.74) is 11.0. The topological polar surface area (TPSA) is 148 Å². The third-order valence-corrected chi connectivity index (χ3v) is 5.63. The Bertz CT molecular complexity index is 1050. The van der Waals surface area contributed by atoms with Crippen LogP contribution in [0.5, 0.6) is 0 Å². The molecule has 5 N–H and O–H groups in total. The molecule has 0 radical (unpaired) electrons. The number of aromatic nitrogens is 2. The number of likely N-dealkylation sites (N-methyl/N-ethyl adjacent to an activating group) is 1. The molecule has 1 aliphatic rings. The van der Waals surface area contributed by atoms with E-state index in [1.165, 1.54) is 9.47 Å². The SMILES string of the molecule is CCN(C(=O)CN1CCC(C(N)=O)CC1)c1c(N)n(Cc2ccccc2)c(=O)[nH]c1=O. The number of nitrogens with zero attached hydrogens (tertiary/aromatic N) is 3. The summed E-state index contributed by atoms with van der Waals surface area (Å²) in [5, 5.41) is 0. The van der Waals surface area contributed by atoms with Gasteiger partial charge in [0, 0.05) is 12.5 Å². The molecule has 3 rings (SSSR count). The molecule has 1 fully saturated rings. The van der Waals surface area contributed by atoms with Crippen LogP contribution in [0.25, 0.3) is 0 Å². The van der Waals surface area contributed by atoms with Crippen LogP contribution in [-0.2, 0) is 16.1 Å². The number of nitrogens with two attached hydrogens (primary N) is 2. The molecule has 2 heterocycles. The lowest BCUT2D eigenvalue weighted by Crippen LogP contribution is -2.47. The Morgan fingerprint density at radius 1 is 1.16 bits per heavy atom. The molecule has 1 aromatic carbocycles. The standard InChI is InChI=1S/C21H28N6O4/c1-2-26(16(28)13-25-10-8-15(9-11-25)19(23)29)17-18(22)27(21(31)24-20(17)30)12-14-6-4-3-5-7-14/h3-7,15H,2,8-13,22H2,1H3,(H2,23,29)(H,24,30,31). The number of likely N-dealkylation sites (tertiary alicyclic amines) is 1. The number of nitrogens with one attached hydrogen (secondary N) is 1. The lowest BCUT2D eigenvalue weighted by molar-refractivity contribution is -0.123. The second-order valence-electron chi connectivity index (χ2n) is 7.66. The molecule has 0 bridgehead atoms. The molecule has 1 aromatic heterocycles. The van der Waals surface area contributed by atoms with Crippen LogP contribution in [0.2, 0.25) is 0 Å². The summed E-state index contributed by atoms with van der Waals surface area (Å²) in [7, 11) is 0. The maximum atomic E-state index is 13.0. The van der Waals surface area contributed by atoms with Crippen molar-refractivity contribution >= 4 is 23.3 Å². The van der Waals surface area contributed by atoms with E-state index in [2.05, 4.69) is 4.98 Å². The van der Waals surface area contributed by atoms with Crippen LogP contribution < -0.4 is 27.6 Å². The van der Waals surface area contributed by atoms with Gasteiger partial charge in [-0.25, -0.2) is 4.79 Å². The Labute approximate surface area is 179 Å². The van der Waals surface area contributed by atoms with Crippen LogP contribution in [-0.4, -0.2) is 52.4 Å². The minimum absolute atomic E-state index is 0.0324. The summed E-state index contributed by atoms with van der Waals surface area (Å²) >= 11 is 0. The van der Waals surface area contributed by atoms with E-state index in [4.69, 9.17) is 11.5 Å². The number of amides is 2. The summed E-state index contributed by atoms with van der Waals surface area (Å²) in [5.74, 6) is -0.850. The van der Waals surface area contributed by atoms with Crippen molar-refractivity contribution in [2.75, 3.05) is 36.8 Å². The Hall–Kier alpha value is -3.40. The van der Waals surface area contributed by atoms with Gasteiger partial charge < -0.3 is 16.4 Å². The Kier molecular flexibility index (Phi) is 6.91. The third-order valence-electron chi connectivity index (χ3n) is 5.63. The molecule has 166 valence electrons. The molecular weight excluding hydrogens is 400 g/mol. The first kappa shape index (κ1) is 22.3. The normalized spacial score (nSPS) is 15.0. The van der Waals surface area contributed by atoms with Crippen molar-refractivity contribution < 1.29 is 9.59 Å². The smallest absolute Gasteiger partial charge is 0.330 e. The van der Waals surface area contributed by atoms with Gasteiger partial charge in [0.1, 0.15) is 5.82 Å². The van der Waals surface area contributed by atoms with E-state index < -0.39 is 11.2 Å². The lowest BCUT2D eigenvalue weighted by atomic mass is 9.96. The van der Waals surface area contributed by atoms with E-state index in [-0.39, 0.29) is 48.9 Å². The van der Waals surface area contributed by atoms with Gasteiger partial charge in [-0.3, -0.25) is 28.8 Å². The van der Waals surface area contributed by atoms with Gasteiger partial charge in [0.15, 0.2) is 5.69 Å². The summed E-state index contributed by atoms with van der Waals surface area (Å²) in [6.45, 7) is 3.33. The zero-order valence-electron chi connectivity index (χ0n) is 17.5. The summed E-state index contributed by atoms with van der Waals surface area (Å²) in [6.07, 6.45) is 1.19. The number of carbonyl (C=O) groups is 2. The van der Waals surface area contributed by atoms with E-state index >= 15 is 0 Å². The zero-order chi connectivity index (χ0) is 22.5. The summed E-state index contributed by atoms with van der Waals surface area (Å²) in [4.78, 5) is 54.8. The third kappa shape index (κ3) is 5.02. The average molecular weight is 428 g/mol. The van der Waals surface area contributed by atoms with E-state index in [1.807, 2.05) is 35.2 Å². The van der Waals surface area contributed by atoms with Gasteiger partial charge in [0.05, 0.1) is 13.1 Å². The van der Waals surface area contributed by atoms with Crippen LogP contribution in [0.15, 0.2) is 39.9 Å². The van der Waals surface area contributed by atoms with E-state index in [9.17, 15) is 19.2 Å². The van der Waals surface area contributed by atoms with Crippen molar-refractivity contribution in [3.8, 4) is 0 Å². The van der Waals surface area contributed by atoms with Crippen LogP contribution in [0.3, 0.4) is 0 Å². The fourth-order valence-electron chi connectivity index (χ4n) is 3.87. The molecule has 0 spiro atoms. The number of hydrogen-bond donors (Lipinski definition) is 3. The van der Waals surface area contributed by atoms with Crippen LogP contribution >= 0.6 is 0 Å². The first-order valence-electron chi connectivity index (χ1n) is 10.3. The number of hydrogen-bond acceptors (Lipinski definition) is 6. The van der Waals surface area contributed by atoms with Crippen LogP contribution in [0, 0.1) is 5.92 Å². The first-order chi connectivity index (χ1) is 14.8. The van der Waals surface area contributed by atoms with E-state index in [0.29, 0.717) is 25.9 Å². The summed E-state index contributed by atoms with van der Waals surface area (Å²) in [6, 6.07) is 9.22. The van der Waals surface area contributed by atoms with Gasteiger partial charge in [-0.1, -0.05) is 30.3 Å². The monoisotopic (exact) mass is 428 g/mol. The fourth-order valence-corrected chi connectivity index (χ4v) is 3.87. The quantitative estimate of drug-likeness (QED) is 0.552. The summed E-state index contributed by atoms with van der Waals surface area (Å²) < 4.78 is 1.25. The van der Waals surface area contributed by atoms with Crippen LogP contribution in [0.1, 0.15) is 25.3 Å². The lowest BCUT2D eigenvalue weighted by Gasteiger charge is -2.32. The molecule has 2 amide bonds. The fraction of sp³-hybridized carbons (Fsp3) is 0.429.